The highest BCUT2D eigenvalue weighted by Crippen LogP contribution is 2.03. The number of benzene rings is 3. The molecule has 0 atom stereocenters. The van der Waals surface area contributed by atoms with Gasteiger partial charge in [-0.25, -0.2) is 4.79 Å². The number of carbonyl (C=O) groups is 1. The van der Waals surface area contributed by atoms with Gasteiger partial charge in [-0.2, -0.15) is 0 Å². The van der Waals surface area contributed by atoms with Gasteiger partial charge in [-0.05, 0) is 23.8 Å². The van der Waals surface area contributed by atoms with Crippen molar-refractivity contribution in [2.24, 2.45) is 0 Å². The number of rotatable bonds is 4. The Morgan fingerprint density at radius 2 is 1.36 bits per heavy atom. The van der Waals surface area contributed by atoms with Crippen LogP contribution in [0.25, 0.3) is 0 Å². The first kappa shape index (κ1) is 20.1. The van der Waals surface area contributed by atoms with Crippen molar-refractivity contribution < 1.29 is 14.6 Å². The van der Waals surface area contributed by atoms with Gasteiger partial charge in [-0.1, -0.05) is 78.9 Å². The molecule has 0 bridgehead atoms. The molecule has 0 aliphatic heterocycles. The Morgan fingerprint density at radius 1 is 0.840 bits per heavy atom. The van der Waals surface area contributed by atoms with Gasteiger partial charge in [0.05, 0.1) is 12.2 Å². The van der Waals surface area contributed by atoms with Gasteiger partial charge in [0.2, 0.25) is 0 Å². The molecule has 0 fully saturated rings. The Labute approximate surface area is 149 Å². The van der Waals surface area contributed by atoms with Crippen molar-refractivity contribution in [1.29, 1.82) is 0 Å². The van der Waals surface area contributed by atoms with Gasteiger partial charge < -0.3 is 9.84 Å². The van der Waals surface area contributed by atoms with E-state index in [-0.39, 0.29) is 5.97 Å². The molecule has 1 radical (unpaired) electrons. The third kappa shape index (κ3) is 9.08. The van der Waals surface area contributed by atoms with E-state index in [2.05, 4.69) is 6.07 Å². The average molecular weight is 335 g/mol. The van der Waals surface area contributed by atoms with Crippen LogP contribution in [-0.4, -0.2) is 24.8 Å². The van der Waals surface area contributed by atoms with Crippen molar-refractivity contribution in [1.82, 2.24) is 0 Å². The minimum Gasteiger partial charge on any atom is -0.462 e. The van der Waals surface area contributed by atoms with Crippen molar-refractivity contribution in [3.8, 4) is 0 Å². The second kappa shape index (κ2) is 13.5. The molecule has 3 aromatic carbocycles. The molecule has 0 spiro atoms. The number of carbonyl (C=O) groups excluding carboxylic acids is 1. The molecular formula is C22H23O3. The number of aliphatic hydroxyl groups is 1. The van der Waals surface area contributed by atoms with E-state index in [4.69, 9.17) is 9.84 Å². The quantitative estimate of drug-likeness (QED) is 0.728. The Balaban J connectivity index is 0.000000326. The fourth-order valence-electron chi connectivity index (χ4n) is 1.91. The molecule has 3 aromatic rings. The first-order valence-corrected chi connectivity index (χ1v) is 7.98. The predicted octanol–water partition coefficient (Wildman–Crippen LogP) is 4.18. The Bertz CT molecular complexity index is 641. The monoisotopic (exact) mass is 335 g/mol. The topological polar surface area (TPSA) is 46.5 Å². The smallest absolute Gasteiger partial charge is 0.338 e. The van der Waals surface area contributed by atoms with Crippen LogP contribution in [0.1, 0.15) is 15.9 Å². The first-order chi connectivity index (χ1) is 12.4. The van der Waals surface area contributed by atoms with E-state index in [9.17, 15) is 4.79 Å². The van der Waals surface area contributed by atoms with Crippen LogP contribution in [-0.2, 0) is 11.2 Å². The summed E-state index contributed by atoms with van der Waals surface area (Å²) in [5.41, 5.74) is 1.77. The molecule has 0 aliphatic carbocycles. The van der Waals surface area contributed by atoms with Gasteiger partial charge in [0, 0.05) is 13.5 Å². The maximum Gasteiger partial charge on any atom is 0.338 e. The van der Waals surface area contributed by atoms with Gasteiger partial charge >= 0.3 is 5.97 Å². The van der Waals surface area contributed by atoms with Gasteiger partial charge in [0.15, 0.2) is 0 Å². The van der Waals surface area contributed by atoms with Gasteiger partial charge in [0.1, 0.15) is 0 Å². The van der Waals surface area contributed by atoms with E-state index in [1.165, 1.54) is 5.56 Å². The zero-order chi connectivity index (χ0) is 18.2. The summed E-state index contributed by atoms with van der Waals surface area (Å²) in [7, 11) is 1.00. The molecular weight excluding hydrogens is 312 g/mol. The summed E-state index contributed by atoms with van der Waals surface area (Å²) >= 11 is 0. The lowest BCUT2D eigenvalue weighted by molar-refractivity contribution is 0.0509. The Kier molecular flexibility index (Phi) is 10.9. The van der Waals surface area contributed by atoms with Gasteiger partial charge in [-0.3, -0.25) is 0 Å². The molecule has 0 aliphatic rings. The molecule has 1 N–H and O–H groups in total. The van der Waals surface area contributed by atoms with Crippen LogP contribution in [0.3, 0.4) is 0 Å². The highest BCUT2D eigenvalue weighted by atomic mass is 16.5. The van der Waals surface area contributed by atoms with E-state index in [1.807, 2.05) is 78.9 Å². The van der Waals surface area contributed by atoms with Gasteiger partial charge in [0.25, 0.3) is 0 Å². The maximum atomic E-state index is 11.6. The van der Waals surface area contributed by atoms with Crippen LogP contribution in [0.15, 0.2) is 91.0 Å². The molecule has 0 saturated heterocycles. The molecule has 129 valence electrons. The van der Waals surface area contributed by atoms with Crippen LogP contribution in [0.4, 0.5) is 0 Å². The second-order valence-electron chi connectivity index (χ2n) is 4.81. The summed E-state index contributed by atoms with van der Waals surface area (Å²) in [6, 6.07) is 31.5. The maximum absolute atomic E-state index is 11.6. The van der Waals surface area contributed by atoms with Crippen molar-refractivity contribution in [2.45, 2.75) is 6.42 Å². The molecule has 0 heterocycles. The summed E-state index contributed by atoms with van der Waals surface area (Å²) in [6.45, 7) is 0.414. The van der Waals surface area contributed by atoms with E-state index in [1.54, 1.807) is 12.1 Å². The summed E-state index contributed by atoms with van der Waals surface area (Å²) in [5.74, 6) is -0.262. The molecule has 0 amide bonds. The minimum absolute atomic E-state index is 0.262. The zero-order valence-corrected chi connectivity index (χ0v) is 14.3. The normalized spacial score (nSPS) is 8.88. The largest absolute Gasteiger partial charge is 0.462 e. The molecule has 3 rings (SSSR count). The summed E-state index contributed by atoms with van der Waals surface area (Å²) in [5, 5.41) is 7.00. The third-order valence-corrected chi connectivity index (χ3v) is 3.08. The molecule has 0 aromatic heterocycles. The standard InChI is InChI=1S/C15H14O2.C6H5.CH4O/c16-15(14-9-5-2-6-10-14)17-12-11-13-7-3-1-4-8-13;1-2-4-6-5-3-1;1-2/h1-10H,11-12H2;1-5H;2H,1H3. The van der Waals surface area contributed by atoms with Crippen molar-refractivity contribution in [3.05, 3.63) is 108 Å². The predicted molar refractivity (Wildman–Crippen MR) is 100 cm³/mol. The number of ether oxygens (including phenoxy) is 1. The average Bonchev–Trinajstić information content (AvgIpc) is 2.73. The third-order valence-electron chi connectivity index (χ3n) is 3.08. The van der Waals surface area contributed by atoms with Crippen LogP contribution < -0.4 is 0 Å². The van der Waals surface area contributed by atoms with Gasteiger partial charge in [-0.15, -0.1) is 0 Å². The summed E-state index contributed by atoms with van der Waals surface area (Å²) in [4.78, 5) is 11.6. The second-order valence-corrected chi connectivity index (χ2v) is 4.81. The van der Waals surface area contributed by atoms with E-state index >= 15 is 0 Å². The number of hydrogen-bond donors (Lipinski definition) is 1. The molecule has 3 nitrogen and oxygen atoms in total. The Morgan fingerprint density at radius 3 is 1.84 bits per heavy atom. The van der Waals surface area contributed by atoms with Crippen molar-refractivity contribution >= 4 is 5.97 Å². The highest BCUT2D eigenvalue weighted by molar-refractivity contribution is 5.89. The lowest BCUT2D eigenvalue weighted by Crippen LogP contribution is -2.07. The minimum atomic E-state index is -0.262. The molecule has 0 saturated carbocycles. The van der Waals surface area contributed by atoms with Crippen LogP contribution in [0, 0.1) is 6.07 Å². The van der Waals surface area contributed by atoms with Crippen LogP contribution >= 0.6 is 0 Å². The summed E-state index contributed by atoms with van der Waals surface area (Å²) < 4.78 is 5.19. The van der Waals surface area contributed by atoms with Crippen molar-refractivity contribution in [2.75, 3.05) is 13.7 Å². The lowest BCUT2D eigenvalue weighted by Gasteiger charge is -2.04. The molecule has 3 heteroatoms. The van der Waals surface area contributed by atoms with Crippen LogP contribution in [0.2, 0.25) is 0 Å². The Hall–Kier alpha value is -2.91. The molecule has 0 unspecified atom stereocenters. The first-order valence-electron chi connectivity index (χ1n) is 7.98. The number of aliphatic hydroxyl groups excluding tert-OH is 1. The lowest BCUT2D eigenvalue weighted by atomic mass is 10.2. The molecule has 25 heavy (non-hydrogen) atoms. The number of hydrogen-bond acceptors (Lipinski definition) is 3. The van der Waals surface area contributed by atoms with E-state index in [0.29, 0.717) is 12.2 Å². The summed E-state index contributed by atoms with van der Waals surface area (Å²) in [6.07, 6.45) is 0.749. The fraction of sp³-hybridized carbons (Fsp3) is 0.136. The van der Waals surface area contributed by atoms with E-state index < -0.39 is 0 Å². The number of esters is 1. The van der Waals surface area contributed by atoms with Crippen LogP contribution in [0.5, 0.6) is 0 Å². The fourth-order valence-corrected chi connectivity index (χ4v) is 1.91. The highest BCUT2D eigenvalue weighted by Gasteiger charge is 2.05. The SMILES string of the molecule is CO.O=C(OCCc1ccccc1)c1ccccc1.[c]1ccccc1. The zero-order valence-electron chi connectivity index (χ0n) is 14.3. The van der Waals surface area contributed by atoms with E-state index in [0.717, 1.165) is 13.5 Å². The van der Waals surface area contributed by atoms with Crippen molar-refractivity contribution in [3.63, 3.8) is 0 Å².